The maximum absolute atomic E-state index is 12.0. The molecule has 0 saturated heterocycles. The van der Waals surface area contributed by atoms with Crippen LogP contribution in [0, 0.1) is 0 Å². The van der Waals surface area contributed by atoms with Gasteiger partial charge in [0.2, 0.25) is 9.84 Å². The molecule has 114 valence electrons. The first-order valence-electron chi connectivity index (χ1n) is 7.18. The molecule has 2 aromatic rings. The Morgan fingerprint density at radius 1 is 0.810 bits per heavy atom. The molecule has 2 N–H and O–H groups in total. The van der Waals surface area contributed by atoms with Crippen molar-refractivity contribution in [2.24, 2.45) is 5.73 Å². The third-order valence-corrected chi connectivity index (χ3v) is 4.70. The van der Waals surface area contributed by atoms with Crippen molar-refractivity contribution in [1.29, 1.82) is 0 Å². The Morgan fingerprint density at radius 2 is 1.24 bits per heavy atom. The Balaban J connectivity index is 0.000000315. The first-order valence-corrected chi connectivity index (χ1v) is 8.66. The van der Waals surface area contributed by atoms with E-state index < -0.39 is 9.84 Å². The van der Waals surface area contributed by atoms with Crippen molar-refractivity contribution in [3.05, 3.63) is 60.7 Å². The molecule has 0 radical (unpaired) electrons. The number of benzene rings is 2. The van der Waals surface area contributed by atoms with Crippen LogP contribution in [0.1, 0.15) is 26.2 Å². The summed E-state index contributed by atoms with van der Waals surface area (Å²) in [5.41, 5.74) is 5.21. The number of sulfone groups is 1. The van der Waals surface area contributed by atoms with E-state index in [1.807, 2.05) is 0 Å². The van der Waals surface area contributed by atoms with Gasteiger partial charge in [0.05, 0.1) is 9.79 Å². The minimum Gasteiger partial charge on any atom is -0.330 e. The number of hydrogen-bond donors (Lipinski definition) is 1. The zero-order valence-corrected chi connectivity index (χ0v) is 13.2. The summed E-state index contributed by atoms with van der Waals surface area (Å²) in [6.45, 7) is 3.03. The van der Waals surface area contributed by atoms with Crippen LogP contribution >= 0.6 is 0 Å². The highest BCUT2D eigenvalue weighted by Crippen LogP contribution is 2.19. The van der Waals surface area contributed by atoms with Gasteiger partial charge in [0.25, 0.3) is 0 Å². The van der Waals surface area contributed by atoms with E-state index in [1.54, 1.807) is 60.7 Å². The number of rotatable bonds is 5. The highest BCUT2D eigenvalue weighted by molar-refractivity contribution is 7.91. The predicted octanol–water partition coefficient (Wildman–Crippen LogP) is 3.65. The topological polar surface area (TPSA) is 60.2 Å². The van der Waals surface area contributed by atoms with Gasteiger partial charge in [0.1, 0.15) is 0 Å². The average molecular weight is 305 g/mol. The summed E-state index contributed by atoms with van der Waals surface area (Å²) in [4.78, 5) is 0.660. The van der Waals surface area contributed by atoms with Crippen molar-refractivity contribution in [3.63, 3.8) is 0 Å². The van der Waals surface area contributed by atoms with Crippen LogP contribution in [0.3, 0.4) is 0 Å². The molecule has 0 atom stereocenters. The molecule has 21 heavy (non-hydrogen) atoms. The third-order valence-electron chi connectivity index (χ3n) is 2.91. The summed E-state index contributed by atoms with van der Waals surface area (Å²) in [6.07, 6.45) is 3.75. The summed E-state index contributed by atoms with van der Waals surface area (Å²) < 4.78 is 24.1. The molecule has 0 aliphatic rings. The van der Waals surface area contributed by atoms with Gasteiger partial charge in [-0.15, -0.1) is 0 Å². The van der Waals surface area contributed by atoms with E-state index in [4.69, 9.17) is 5.73 Å². The SMILES string of the molecule is CCCCCN.O=S(=O)(c1ccccc1)c1ccccc1. The molecule has 0 spiro atoms. The lowest BCUT2D eigenvalue weighted by Gasteiger charge is -2.03. The summed E-state index contributed by atoms with van der Waals surface area (Å²) >= 11 is 0. The monoisotopic (exact) mass is 305 g/mol. The summed E-state index contributed by atoms with van der Waals surface area (Å²) in [5.74, 6) is 0. The number of unbranched alkanes of at least 4 members (excludes halogenated alkanes) is 2. The molecule has 4 heteroatoms. The lowest BCUT2D eigenvalue weighted by Crippen LogP contribution is -2.00. The Bertz CT molecular complexity index is 546. The molecule has 2 rings (SSSR count). The molecule has 0 heterocycles. The molecular formula is C17H23NO2S. The van der Waals surface area contributed by atoms with Crippen molar-refractivity contribution < 1.29 is 8.42 Å². The van der Waals surface area contributed by atoms with Crippen molar-refractivity contribution in [2.45, 2.75) is 36.0 Å². The van der Waals surface area contributed by atoms with Gasteiger partial charge in [0.15, 0.2) is 0 Å². The van der Waals surface area contributed by atoms with E-state index in [1.165, 1.54) is 19.3 Å². The smallest absolute Gasteiger partial charge is 0.206 e. The van der Waals surface area contributed by atoms with Gasteiger partial charge in [-0.2, -0.15) is 0 Å². The van der Waals surface area contributed by atoms with E-state index >= 15 is 0 Å². The first kappa shape index (κ1) is 17.4. The molecule has 0 bridgehead atoms. The Morgan fingerprint density at radius 3 is 1.52 bits per heavy atom. The van der Waals surface area contributed by atoms with E-state index in [2.05, 4.69) is 6.92 Å². The van der Waals surface area contributed by atoms with Crippen molar-refractivity contribution in [2.75, 3.05) is 6.54 Å². The largest absolute Gasteiger partial charge is 0.330 e. The third kappa shape index (κ3) is 5.69. The van der Waals surface area contributed by atoms with Crippen LogP contribution in [0.2, 0.25) is 0 Å². The highest BCUT2D eigenvalue weighted by atomic mass is 32.2. The van der Waals surface area contributed by atoms with Gasteiger partial charge in [-0.05, 0) is 37.2 Å². The van der Waals surface area contributed by atoms with E-state index in [-0.39, 0.29) is 0 Å². The average Bonchev–Trinajstić information content (AvgIpc) is 2.55. The van der Waals surface area contributed by atoms with Crippen molar-refractivity contribution in [1.82, 2.24) is 0 Å². The molecule has 0 saturated carbocycles. The summed E-state index contributed by atoms with van der Waals surface area (Å²) in [6, 6.07) is 16.9. The fourth-order valence-corrected chi connectivity index (χ4v) is 3.03. The molecule has 2 aromatic carbocycles. The number of nitrogens with two attached hydrogens (primary N) is 1. The van der Waals surface area contributed by atoms with Crippen LogP contribution in [-0.2, 0) is 9.84 Å². The van der Waals surface area contributed by atoms with Crippen molar-refractivity contribution in [3.8, 4) is 0 Å². The summed E-state index contributed by atoms with van der Waals surface area (Å²) in [7, 11) is -3.34. The van der Waals surface area contributed by atoms with E-state index in [9.17, 15) is 8.42 Å². The molecule has 3 nitrogen and oxygen atoms in total. The van der Waals surface area contributed by atoms with Gasteiger partial charge >= 0.3 is 0 Å². The van der Waals surface area contributed by atoms with Gasteiger partial charge in [-0.3, -0.25) is 0 Å². The second-order valence-corrected chi connectivity index (χ2v) is 6.58. The Hall–Kier alpha value is -1.65. The molecule has 0 aliphatic heterocycles. The molecule has 0 unspecified atom stereocenters. The predicted molar refractivity (Wildman–Crippen MR) is 86.9 cm³/mol. The second kappa shape index (κ2) is 9.32. The molecule has 0 amide bonds. The normalized spacial score (nSPS) is 10.6. The maximum Gasteiger partial charge on any atom is 0.206 e. The lowest BCUT2D eigenvalue weighted by atomic mass is 10.3. The highest BCUT2D eigenvalue weighted by Gasteiger charge is 2.15. The van der Waals surface area contributed by atoms with Gasteiger partial charge in [-0.25, -0.2) is 8.42 Å². The van der Waals surface area contributed by atoms with Crippen LogP contribution in [0.15, 0.2) is 70.5 Å². The Kier molecular flexibility index (Phi) is 7.72. The fourth-order valence-electron chi connectivity index (χ4n) is 1.73. The van der Waals surface area contributed by atoms with Crippen LogP contribution in [0.5, 0.6) is 0 Å². The molecule has 0 fully saturated rings. The zero-order valence-electron chi connectivity index (χ0n) is 12.4. The van der Waals surface area contributed by atoms with Gasteiger partial charge in [0, 0.05) is 0 Å². The standard InChI is InChI=1S/C12H10O2S.C5H13N/c13-15(14,11-7-3-1-4-8-11)12-9-5-2-6-10-12;1-2-3-4-5-6/h1-10H;2-6H2,1H3. The van der Waals surface area contributed by atoms with Crippen LogP contribution in [-0.4, -0.2) is 15.0 Å². The minimum absolute atomic E-state index is 0.330. The summed E-state index contributed by atoms with van der Waals surface area (Å²) in [5, 5.41) is 0. The maximum atomic E-state index is 12.0. The molecular weight excluding hydrogens is 282 g/mol. The Labute approximate surface area is 127 Å². The first-order chi connectivity index (χ1) is 10.1. The fraction of sp³-hybridized carbons (Fsp3) is 0.294. The van der Waals surface area contributed by atoms with Crippen LogP contribution < -0.4 is 5.73 Å². The zero-order chi connectivity index (χ0) is 15.6. The van der Waals surface area contributed by atoms with Gasteiger partial charge in [-0.1, -0.05) is 56.2 Å². The van der Waals surface area contributed by atoms with Crippen LogP contribution in [0.25, 0.3) is 0 Å². The van der Waals surface area contributed by atoms with E-state index in [0.717, 1.165) is 6.54 Å². The minimum atomic E-state index is -3.34. The van der Waals surface area contributed by atoms with Gasteiger partial charge < -0.3 is 5.73 Å². The lowest BCUT2D eigenvalue weighted by molar-refractivity contribution is 0.596. The second-order valence-electron chi connectivity index (χ2n) is 4.63. The quantitative estimate of drug-likeness (QED) is 0.858. The van der Waals surface area contributed by atoms with Crippen molar-refractivity contribution >= 4 is 9.84 Å². The van der Waals surface area contributed by atoms with Crippen LogP contribution in [0.4, 0.5) is 0 Å². The molecule has 0 aromatic heterocycles. The van der Waals surface area contributed by atoms with E-state index in [0.29, 0.717) is 9.79 Å². The number of hydrogen-bond acceptors (Lipinski definition) is 3. The molecule has 0 aliphatic carbocycles.